The molecule has 0 aliphatic carbocycles. The quantitative estimate of drug-likeness (QED) is 0.538. The van der Waals surface area contributed by atoms with Gasteiger partial charge in [0.2, 0.25) is 10.0 Å². The third kappa shape index (κ3) is 6.51. The van der Waals surface area contributed by atoms with Gasteiger partial charge in [-0.25, -0.2) is 13.1 Å². The van der Waals surface area contributed by atoms with E-state index in [9.17, 15) is 21.6 Å². The SMILES string of the molecule is O=S(=O)(CC(F)(F)F)NCc1cn(CB(O)O)nn1. The zero-order valence-electron chi connectivity index (χ0n) is 9.37. The fourth-order valence-electron chi connectivity index (χ4n) is 1.13. The van der Waals surface area contributed by atoms with Gasteiger partial charge in [-0.15, -0.1) is 5.10 Å². The maximum Gasteiger partial charge on any atom is 0.474 e. The van der Waals surface area contributed by atoms with Crippen molar-refractivity contribution in [2.75, 3.05) is 5.75 Å². The van der Waals surface area contributed by atoms with E-state index < -0.39 is 35.6 Å². The molecule has 8 nitrogen and oxygen atoms in total. The van der Waals surface area contributed by atoms with E-state index in [-0.39, 0.29) is 12.1 Å². The summed E-state index contributed by atoms with van der Waals surface area (Å²) in [5.74, 6) is -1.98. The third-order valence-corrected chi connectivity index (χ3v) is 3.05. The van der Waals surface area contributed by atoms with Crippen LogP contribution in [0.15, 0.2) is 6.20 Å². The van der Waals surface area contributed by atoms with Crippen molar-refractivity contribution in [3.05, 3.63) is 11.9 Å². The topological polar surface area (TPSA) is 117 Å². The zero-order valence-corrected chi connectivity index (χ0v) is 10.2. The molecule has 0 saturated heterocycles. The first-order valence-electron chi connectivity index (χ1n) is 4.87. The summed E-state index contributed by atoms with van der Waals surface area (Å²) in [5, 5.41) is 24.1. The number of rotatable bonds is 6. The Morgan fingerprint density at radius 2 is 2.05 bits per heavy atom. The Hall–Kier alpha value is -1.18. The van der Waals surface area contributed by atoms with Gasteiger partial charge < -0.3 is 10.0 Å². The first-order valence-corrected chi connectivity index (χ1v) is 6.52. The van der Waals surface area contributed by atoms with Crippen LogP contribution in [0.2, 0.25) is 0 Å². The van der Waals surface area contributed by atoms with Gasteiger partial charge in [0.25, 0.3) is 0 Å². The van der Waals surface area contributed by atoms with Gasteiger partial charge in [-0.2, -0.15) is 13.2 Å². The molecule has 1 aromatic heterocycles. The number of hydrogen-bond donors (Lipinski definition) is 3. The van der Waals surface area contributed by atoms with Crippen molar-refractivity contribution in [2.45, 2.75) is 19.2 Å². The monoisotopic (exact) mass is 302 g/mol. The highest BCUT2D eigenvalue weighted by Crippen LogP contribution is 2.16. The van der Waals surface area contributed by atoms with Crippen LogP contribution in [0.3, 0.4) is 0 Å². The molecule has 0 bridgehead atoms. The van der Waals surface area contributed by atoms with Crippen molar-refractivity contribution in [1.29, 1.82) is 0 Å². The van der Waals surface area contributed by atoms with Crippen molar-refractivity contribution in [1.82, 2.24) is 19.7 Å². The van der Waals surface area contributed by atoms with Crippen LogP contribution < -0.4 is 4.72 Å². The molecule has 19 heavy (non-hydrogen) atoms. The van der Waals surface area contributed by atoms with Crippen LogP contribution >= 0.6 is 0 Å². The minimum Gasteiger partial charge on any atom is -0.426 e. The lowest BCUT2D eigenvalue weighted by Gasteiger charge is -2.07. The number of nitrogens with zero attached hydrogens (tertiary/aromatic N) is 3. The summed E-state index contributed by atoms with van der Waals surface area (Å²) in [4.78, 5) is 0. The van der Waals surface area contributed by atoms with Gasteiger partial charge in [-0.3, -0.25) is 4.68 Å². The lowest BCUT2D eigenvalue weighted by Crippen LogP contribution is -2.33. The lowest BCUT2D eigenvalue weighted by molar-refractivity contribution is -0.106. The summed E-state index contributed by atoms with van der Waals surface area (Å²) >= 11 is 0. The third-order valence-electron chi connectivity index (χ3n) is 1.76. The smallest absolute Gasteiger partial charge is 0.426 e. The number of sulfonamides is 1. The Labute approximate surface area is 106 Å². The number of halogens is 3. The van der Waals surface area contributed by atoms with E-state index in [0.717, 1.165) is 4.68 Å². The Bertz CT molecular complexity index is 517. The fraction of sp³-hybridized carbons (Fsp3) is 0.667. The normalized spacial score (nSPS) is 12.7. The number of hydrogen-bond acceptors (Lipinski definition) is 6. The average Bonchev–Trinajstić information content (AvgIpc) is 2.58. The van der Waals surface area contributed by atoms with E-state index in [1.165, 1.54) is 6.20 Å². The van der Waals surface area contributed by atoms with E-state index in [1.807, 2.05) is 0 Å². The van der Waals surface area contributed by atoms with Gasteiger partial charge in [0, 0.05) is 6.20 Å². The van der Waals surface area contributed by atoms with Crippen molar-refractivity contribution in [3.63, 3.8) is 0 Å². The number of aromatic nitrogens is 3. The van der Waals surface area contributed by atoms with E-state index in [4.69, 9.17) is 10.0 Å². The Morgan fingerprint density at radius 1 is 1.42 bits per heavy atom. The Balaban J connectivity index is 2.55. The maximum absolute atomic E-state index is 11.9. The molecule has 0 saturated carbocycles. The highest BCUT2D eigenvalue weighted by atomic mass is 32.2. The molecule has 1 rings (SSSR count). The summed E-state index contributed by atoms with van der Waals surface area (Å²) in [6, 6.07) is 0. The van der Waals surface area contributed by atoms with Gasteiger partial charge in [0.1, 0.15) is 0 Å². The molecular formula is C6H10BF3N4O4S. The van der Waals surface area contributed by atoms with E-state index in [2.05, 4.69) is 10.3 Å². The predicted molar refractivity (Wildman–Crippen MR) is 56.9 cm³/mol. The second kappa shape index (κ2) is 5.86. The van der Waals surface area contributed by atoms with Crippen LogP contribution in [0, 0.1) is 0 Å². The fourth-order valence-corrected chi connectivity index (χ4v) is 2.03. The first kappa shape index (κ1) is 15.9. The molecule has 0 amide bonds. The first-order chi connectivity index (χ1) is 8.57. The molecule has 3 N–H and O–H groups in total. The van der Waals surface area contributed by atoms with Gasteiger partial charge >= 0.3 is 13.3 Å². The van der Waals surface area contributed by atoms with Crippen molar-refractivity contribution < 1.29 is 31.6 Å². The van der Waals surface area contributed by atoms with E-state index >= 15 is 0 Å². The molecule has 13 heteroatoms. The highest BCUT2D eigenvalue weighted by Gasteiger charge is 2.34. The second-order valence-corrected chi connectivity index (χ2v) is 5.41. The van der Waals surface area contributed by atoms with Crippen LogP contribution in [0.1, 0.15) is 5.69 Å². The van der Waals surface area contributed by atoms with Crippen molar-refractivity contribution in [2.24, 2.45) is 0 Å². The largest absolute Gasteiger partial charge is 0.474 e. The van der Waals surface area contributed by atoms with Gasteiger partial charge in [-0.05, 0) is 0 Å². The molecule has 0 unspecified atom stereocenters. The maximum atomic E-state index is 11.9. The molecule has 0 fully saturated rings. The number of alkyl halides is 3. The highest BCUT2D eigenvalue weighted by molar-refractivity contribution is 7.89. The Kier molecular flexibility index (Phi) is 4.89. The lowest BCUT2D eigenvalue weighted by atomic mass is 9.93. The minimum absolute atomic E-state index is 0.0476. The molecule has 0 aromatic carbocycles. The summed E-state index contributed by atoms with van der Waals surface area (Å²) < 4.78 is 60.6. The number of nitrogens with one attached hydrogen (secondary N) is 1. The van der Waals surface area contributed by atoms with Crippen molar-refractivity contribution in [3.8, 4) is 0 Å². The molecule has 0 aliphatic heterocycles. The van der Waals surface area contributed by atoms with E-state index in [1.54, 1.807) is 4.72 Å². The van der Waals surface area contributed by atoms with Gasteiger partial charge in [-0.1, -0.05) is 5.21 Å². The summed E-state index contributed by atoms with van der Waals surface area (Å²) in [5.41, 5.74) is 0.0476. The summed E-state index contributed by atoms with van der Waals surface area (Å²) in [7, 11) is -6.17. The van der Waals surface area contributed by atoms with Crippen LogP contribution in [-0.4, -0.2) is 52.5 Å². The molecule has 0 radical (unpaired) electrons. The summed E-state index contributed by atoms with van der Waals surface area (Å²) in [6.07, 6.45) is -3.94. The Morgan fingerprint density at radius 3 is 2.58 bits per heavy atom. The van der Waals surface area contributed by atoms with Crippen LogP contribution in [0.4, 0.5) is 13.2 Å². The van der Waals surface area contributed by atoms with Gasteiger partial charge in [0.05, 0.1) is 18.7 Å². The zero-order chi connectivity index (χ0) is 14.7. The molecule has 0 aliphatic rings. The van der Waals surface area contributed by atoms with Crippen LogP contribution in [0.25, 0.3) is 0 Å². The molecule has 0 spiro atoms. The van der Waals surface area contributed by atoms with Gasteiger partial charge in [0.15, 0.2) is 5.75 Å². The molecule has 108 valence electrons. The van der Waals surface area contributed by atoms with Crippen LogP contribution in [-0.2, 0) is 23.0 Å². The van der Waals surface area contributed by atoms with Crippen molar-refractivity contribution >= 4 is 17.1 Å². The summed E-state index contributed by atoms with van der Waals surface area (Å²) in [6.45, 7) is -0.472. The molecular weight excluding hydrogens is 292 g/mol. The molecule has 1 heterocycles. The second-order valence-electron chi connectivity index (χ2n) is 3.61. The minimum atomic E-state index is -4.83. The standard InChI is InChI=1S/C6H10BF3N4O4S/c8-6(9,10)3-19(17,18)11-1-5-2-14(13-12-5)4-7(15)16/h2,11,15-16H,1,3-4H2. The molecule has 0 atom stereocenters. The van der Waals surface area contributed by atoms with E-state index in [0.29, 0.717) is 0 Å². The van der Waals surface area contributed by atoms with Crippen LogP contribution in [0.5, 0.6) is 0 Å². The predicted octanol–water partition coefficient (Wildman–Crippen LogP) is -1.73. The average molecular weight is 302 g/mol. The molecule has 1 aromatic rings.